The normalized spacial score (nSPS) is 16.4. The first kappa shape index (κ1) is 25.1. The van der Waals surface area contributed by atoms with E-state index in [1.54, 1.807) is 30.3 Å². The molecule has 10 nitrogen and oxygen atoms in total. The summed E-state index contributed by atoms with van der Waals surface area (Å²) in [5, 5.41) is 5.23. The number of carbonyl (C=O) groups excluding carboxylic acids is 2. The molecule has 1 fully saturated rings. The molecule has 3 aromatic rings. The van der Waals surface area contributed by atoms with Gasteiger partial charge >= 0.3 is 0 Å². The van der Waals surface area contributed by atoms with Gasteiger partial charge in [-0.2, -0.15) is 4.58 Å². The minimum atomic E-state index is -0.327. The fourth-order valence-electron chi connectivity index (χ4n) is 4.26. The van der Waals surface area contributed by atoms with Crippen molar-refractivity contribution in [1.82, 2.24) is 19.9 Å². The minimum absolute atomic E-state index is 0.0643. The van der Waals surface area contributed by atoms with E-state index in [0.717, 1.165) is 48.7 Å². The third-order valence-corrected chi connectivity index (χ3v) is 7.16. The summed E-state index contributed by atoms with van der Waals surface area (Å²) in [6, 6.07) is 7.38. The largest absolute Gasteiger partial charge is 0.381 e. The summed E-state index contributed by atoms with van der Waals surface area (Å²) in [4.78, 5) is 39.5. The zero-order valence-electron chi connectivity index (χ0n) is 20.6. The molecule has 0 radical (unpaired) electrons. The number of ether oxygens (including phenoxy) is 2. The van der Waals surface area contributed by atoms with E-state index in [0.29, 0.717) is 37.1 Å². The number of anilines is 1. The first-order valence-corrected chi connectivity index (χ1v) is 13.2. The fourth-order valence-corrected chi connectivity index (χ4v) is 4.97. The van der Waals surface area contributed by atoms with Crippen LogP contribution in [-0.4, -0.2) is 81.4 Å². The second kappa shape index (κ2) is 11.7. The number of rotatable bonds is 7. The molecule has 0 spiro atoms. The van der Waals surface area contributed by atoms with Crippen LogP contribution in [0.4, 0.5) is 10.8 Å². The number of nitrogens with zero attached hydrogens (tertiary/aromatic N) is 5. The smallest absolute Gasteiger partial charge is 0.276 e. The van der Waals surface area contributed by atoms with E-state index in [9.17, 15) is 9.59 Å². The SMILES string of the molecule is CC(=O)N1CC=[N+](c2ccc(C(=O)Nc3nc(-c4cccnc4COC4CCOCC4)cs3)nc2)CC1. The van der Waals surface area contributed by atoms with Crippen molar-refractivity contribution in [2.75, 3.05) is 38.2 Å². The monoisotopic (exact) mass is 521 g/mol. The summed E-state index contributed by atoms with van der Waals surface area (Å²) < 4.78 is 13.5. The molecule has 0 aromatic carbocycles. The van der Waals surface area contributed by atoms with Gasteiger partial charge in [0.15, 0.2) is 17.9 Å². The first-order chi connectivity index (χ1) is 18.1. The maximum Gasteiger partial charge on any atom is 0.276 e. The van der Waals surface area contributed by atoms with E-state index < -0.39 is 0 Å². The Balaban J connectivity index is 1.21. The minimum Gasteiger partial charge on any atom is -0.381 e. The highest BCUT2D eigenvalue weighted by Crippen LogP contribution is 2.28. The summed E-state index contributed by atoms with van der Waals surface area (Å²) in [6.07, 6.45) is 7.33. The van der Waals surface area contributed by atoms with Crippen LogP contribution < -0.4 is 5.32 Å². The topological polar surface area (TPSA) is 110 Å². The molecule has 5 rings (SSSR count). The van der Waals surface area contributed by atoms with E-state index in [1.807, 2.05) is 34.4 Å². The maximum atomic E-state index is 12.8. The van der Waals surface area contributed by atoms with Crippen LogP contribution in [-0.2, 0) is 20.9 Å². The van der Waals surface area contributed by atoms with Crippen molar-refractivity contribution in [3.05, 3.63) is 53.4 Å². The van der Waals surface area contributed by atoms with Crippen LogP contribution in [0.2, 0.25) is 0 Å². The average Bonchev–Trinajstić information content (AvgIpc) is 3.41. The van der Waals surface area contributed by atoms with Crippen molar-refractivity contribution in [3.8, 4) is 11.3 Å². The van der Waals surface area contributed by atoms with Crippen LogP contribution in [0.15, 0.2) is 42.0 Å². The molecule has 3 aromatic heterocycles. The lowest BCUT2D eigenvalue weighted by Gasteiger charge is -2.22. The summed E-state index contributed by atoms with van der Waals surface area (Å²) in [5.74, 6) is -0.262. The lowest BCUT2D eigenvalue weighted by molar-refractivity contribution is -0.442. The number of nitrogens with one attached hydrogen (secondary N) is 1. The lowest BCUT2D eigenvalue weighted by atomic mass is 10.1. The number of hydrogen-bond acceptors (Lipinski definition) is 8. The number of pyridine rings is 2. The van der Waals surface area contributed by atoms with Gasteiger partial charge in [0.1, 0.15) is 5.69 Å². The molecule has 11 heteroatoms. The highest BCUT2D eigenvalue weighted by atomic mass is 32.1. The van der Waals surface area contributed by atoms with Gasteiger partial charge in [0.25, 0.3) is 5.91 Å². The van der Waals surface area contributed by atoms with Gasteiger partial charge in [-0.15, -0.1) is 11.3 Å². The molecule has 37 heavy (non-hydrogen) atoms. The predicted octanol–water partition coefficient (Wildman–Crippen LogP) is 3.12. The van der Waals surface area contributed by atoms with Crippen molar-refractivity contribution < 1.29 is 23.6 Å². The second-order valence-corrected chi connectivity index (χ2v) is 9.71. The van der Waals surface area contributed by atoms with Gasteiger partial charge in [0.2, 0.25) is 11.6 Å². The molecule has 192 valence electrons. The molecule has 0 saturated carbocycles. The van der Waals surface area contributed by atoms with Crippen LogP contribution in [0.1, 0.15) is 35.9 Å². The van der Waals surface area contributed by atoms with Crippen LogP contribution in [0, 0.1) is 0 Å². The predicted molar refractivity (Wildman–Crippen MR) is 139 cm³/mol. The van der Waals surface area contributed by atoms with Crippen LogP contribution in [0.25, 0.3) is 11.3 Å². The molecule has 0 unspecified atom stereocenters. The van der Waals surface area contributed by atoms with Gasteiger partial charge in [0, 0.05) is 43.3 Å². The van der Waals surface area contributed by atoms with E-state index in [1.165, 1.54) is 11.3 Å². The lowest BCUT2D eigenvalue weighted by Crippen LogP contribution is -2.40. The number of hydrogen-bond donors (Lipinski definition) is 1. The molecule has 0 atom stereocenters. The van der Waals surface area contributed by atoms with Gasteiger partial charge in [-0.1, -0.05) is 0 Å². The van der Waals surface area contributed by atoms with E-state index in [4.69, 9.17) is 9.47 Å². The number of thiazole rings is 1. The molecule has 5 heterocycles. The molecular weight excluding hydrogens is 492 g/mol. The summed E-state index contributed by atoms with van der Waals surface area (Å²) in [5.41, 5.74) is 3.62. The zero-order valence-corrected chi connectivity index (χ0v) is 21.4. The molecule has 0 aliphatic carbocycles. The Bertz CT molecular complexity index is 1290. The first-order valence-electron chi connectivity index (χ1n) is 12.3. The summed E-state index contributed by atoms with van der Waals surface area (Å²) >= 11 is 1.35. The van der Waals surface area contributed by atoms with E-state index in [2.05, 4.69) is 20.3 Å². The Morgan fingerprint density at radius 3 is 2.84 bits per heavy atom. The van der Waals surface area contributed by atoms with Crippen molar-refractivity contribution >= 4 is 40.2 Å². The molecule has 1 saturated heterocycles. The van der Waals surface area contributed by atoms with Crippen molar-refractivity contribution in [1.29, 1.82) is 0 Å². The molecule has 2 aliphatic rings. The third-order valence-electron chi connectivity index (χ3n) is 6.41. The van der Waals surface area contributed by atoms with Crippen molar-refractivity contribution in [2.24, 2.45) is 0 Å². The zero-order chi connectivity index (χ0) is 25.6. The highest BCUT2D eigenvalue weighted by Gasteiger charge is 2.21. The number of amides is 2. The maximum absolute atomic E-state index is 12.8. The van der Waals surface area contributed by atoms with Crippen LogP contribution in [0.5, 0.6) is 0 Å². The van der Waals surface area contributed by atoms with Gasteiger partial charge in [-0.05, 0) is 31.0 Å². The Labute approximate surface area is 219 Å². The fraction of sp³-hybridized carbons (Fsp3) is 0.385. The summed E-state index contributed by atoms with van der Waals surface area (Å²) in [6.45, 7) is 5.32. The highest BCUT2D eigenvalue weighted by molar-refractivity contribution is 7.14. The Morgan fingerprint density at radius 1 is 1.24 bits per heavy atom. The van der Waals surface area contributed by atoms with Gasteiger partial charge < -0.3 is 14.4 Å². The van der Waals surface area contributed by atoms with Crippen molar-refractivity contribution in [2.45, 2.75) is 32.5 Å². The van der Waals surface area contributed by atoms with Gasteiger partial charge in [-0.3, -0.25) is 19.9 Å². The van der Waals surface area contributed by atoms with E-state index in [-0.39, 0.29) is 17.9 Å². The average molecular weight is 522 g/mol. The number of carbonyl (C=O) groups is 2. The van der Waals surface area contributed by atoms with Crippen LogP contribution in [0.3, 0.4) is 0 Å². The molecule has 2 aliphatic heterocycles. The van der Waals surface area contributed by atoms with E-state index >= 15 is 0 Å². The summed E-state index contributed by atoms with van der Waals surface area (Å²) in [7, 11) is 0. The second-order valence-electron chi connectivity index (χ2n) is 8.86. The standard InChI is InChI=1S/C26H28N6O4S/c1-18(33)31-9-11-32(12-10-31)19-4-5-22(28-15-19)25(34)30-26-29-24(17-37-26)21-3-2-8-27-23(21)16-36-20-6-13-35-14-7-20/h2-5,8,11,15,17,20H,6-7,9-10,12-14,16H2,1H3/p+1. The number of aromatic nitrogens is 3. The third kappa shape index (κ3) is 6.24. The quantitative estimate of drug-likeness (QED) is 0.476. The molecule has 1 N–H and O–H groups in total. The molecule has 0 bridgehead atoms. The van der Waals surface area contributed by atoms with Crippen molar-refractivity contribution in [3.63, 3.8) is 0 Å². The van der Waals surface area contributed by atoms with Gasteiger partial charge in [-0.25, -0.2) is 9.97 Å². The Hall–Kier alpha value is -3.54. The molecular formula is C26H29N6O4S+. The Morgan fingerprint density at radius 2 is 2.11 bits per heavy atom. The Kier molecular flexibility index (Phi) is 7.93. The molecule has 2 amide bonds. The van der Waals surface area contributed by atoms with Gasteiger partial charge in [0.05, 0.1) is 43.4 Å². The van der Waals surface area contributed by atoms with Crippen LogP contribution >= 0.6 is 11.3 Å².